The summed E-state index contributed by atoms with van der Waals surface area (Å²) in [6.07, 6.45) is 4.31. The van der Waals surface area contributed by atoms with Gasteiger partial charge in [-0.25, -0.2) is 4.98 Å². The van der Waals surface area contributed by atoms with Crippen molar-refractivity contribution in [1.82, 2.24) is 4.98 Å². The molecule has 0 bridgehead atoms. The van der Waals surface area contributed by atoms with Gasteiger partial charge in [-0.05, 0) is 37.1 Å². The van der Waals surface area contributed by atoms with Gasteiger partial charge in [0, 0.05) is 30.0 Å². The number of Topliss-reactive ketones (excluding diaryl/α,β-unsaturated/α-hetero) is 1. The maximum absolute atomic E-state index is 12.5. The predicted octanol–water partition coefficient (Wildman–Crippen LogP) is 3.22. The van der Waals surface area contributed by atoms with Gasteiger partial charge >= 0.3 is 0 Å². The van der Waals surface area contributed by atoms with Gasteiger partial charge in [0.1, 0.15) is 5.15 Å². The lowest BCUT2D eigenvalue weighted by molar-refractivity contribution is -0.0734. The summed E-state index contributed by atoms with van der Waals surface area (Å²) in [5, 5.41) is 0.423. The van der Waals surface area contributed by atoms with Crippen LogP contribution < -0.4 is 0 Å². The molecule has 0 aliphatic carbocycles. The Morgan fingerprint density at radius 2 is 2.42 bits per heavy atom. The molecule has 0 radical (unpaired) electrons. The van der Waals surface area contributed by atoms with E-state index in [0.717, 1.165) is 30.8 Å². The van der Waals surface area contributed by atoms with E-state index in [2.05, 4.69) is 4.98 Å². The van der Waals surface area contributed by atoms with Crippen LogP contribution in [0.15, 0.2) is 18.3 Å². The summed E-state index contributed by atoms with van der Waals surface area (Å²) < 4.78 is 5.95. The SMILES string of the molecule is O=C(c1ccc(Cl)nc1)C1CCOC2(CCSC2)C1. The van der Waals surface area contributed by atoms with Crippen molar-refractivity contribution in [2.75, 3.05) is 18.1 Å². The Kier molecular flexibility index (Phi) is 3.83. The van der Waals surface area contributed by atoms with E-state index in [1.54, 1.807) is 18.3 Å². The number of hydrogen-bond acceptors (Lipinski definition) is 4. The summed E-state index contributed by atoms with van der Waals surface area (Å²) in [6, 6.07) is 3.44. The number of aromatic nitrogens is 1. The third-order valence-corrected chi connectivity index (χ3v) is 5.39. The lowest BCUT2D eigenvalue weighted by Crippen LogP contribution is -2.42. The van der Waals surface area contributed by atoms with Gasteiger partial charge in [-0.3, -0.25) is 4.79 Å². The lowest BCUT2D eigenvalue weighted by atomic mass is 9.81. The van der Waals surface area contributed by atoms with E-state index in [9.17, 15) is 4.79 Å². The molecule has 3 rings (SSSR count). The molecule has 3 heterocycles. The number of hydrogen-bond donors (Lipinski definition) is 0. The Morgan fingerprint density at radius 1 is 1.53 bits per heavy atom. The molecule has 1 aromatic rings. The molecule has 2 unspecified atom stereocenters. The zero-order chi connectivity index (χ0) is 13.3. The van der Waals surface area contributed by atoms with Crippen LogP contribution >= 0.6 is 23.4 Å². The van der Waals surface area contributed by atoms with E-state index in [4.69, 9.17) is 16.3 Å². The van der Waals surface area contributed by atoms with Gasteiger partial charge in [0.15, 0.2) is 5.78 Å². The molecule has 3 nitrogen and oxygen atoms in total. The summed E-state index contributed by atoms with van der Waals surface area (Å²) >= 11 is 7.68. The molecule has 5 heteroatoms. The number of ether oxygens (including phenoxy) is 1. The zero-order valence-electron chi connectivity index (χ0n) is 10.6. The second-order valence-electron chi connectivity index (χ2n) is 5.26. The average molecular weight is 298 g/mol. The minimum Gasteiger partial charge on any atom is -0.374 e. The normalized spacial score (nSPS) is 30.7. The Morgan fingerprint density at radius 3 is 3.11 bits per heavy atom. The molecule has 0 N–H and O–H groups in total. The molecule has 2 saturated heterocycles. The molecule has 102 valence electrons. The fourth-order valence-electron chi connectivity index (χ4n) is 2.87. The van der Waals surface area contributed by atoms with Crippen molar-refractivity contribution in [3.05, 3.63) is 29.0 Å². The maximum Gasteiger partial charge on any atom is 0.167 e. The van der Waals surface area contributed by atoms with Crippen molar-refractivity contribution in [3.8, 4) is 0 Å². The average Bonchev–Trinajstić information content (AvgIpc) is 2.87. The summed E-state index contributed by atoms with van der Waals surface area (Å²) in [5.41, 5.74) is 0.611. The second-order valence-corrected chi connectivity index (χ2v) is 6.75. The molecule has 2 fully saturated rings. The first kappa shape index (κ1) is 13.4. The van der Waals surface area contributed by atoms with E-state index in [1.165, 1.54) is 0 Å². The number of carbonyl (C=O) groups excluding carboxylic acids is 1. The van der Waals surface area contributed by atoms with Crippen LogP contribution in [0.5, 0.6) is 0 Å². The Labute approximate surface area is 122 Å². The van der Waals surface area contributed by atoms with Gasteiger partial charge in [0.25, 0.3) is 0 Å². The molecule has 0 amide bonds. The van der Waals surface area contributed by atoms with Gasteiger partial charge in [-0.2, -0.15) is 11.8 Å². The first-order valence-corrected chi connectivity index (χ1v) is 8.09. The number of nitrogens with zero attached hydrogens (tertiary/aromatic N) is 1. The van der Waals surface area contributed by atoms with Crippen LogP contribution in [0.3, 0.4) is 0 Å². The Balaban J connectivity index is 1.74. The fourth-order valence-corrected chi connectivity index (χ4v) is 4.36. The Bertz CT molecular complexity index is 471. The second kappa shape index (κ2) is 5.43. The number of pyridine rings is 1. The van der Waals surface area contributed by atoms with Crippen molar-refractivity contribution >= 4 is 29.1 Å². The van der Waals surface area contributed by atoms with Crippen molar-refractivity contribution < 1.29 is 9.53 Å². The zero-order valence-corrected chi connectivity index (χ0v) is 12.2. The highest BCUT2D eigenvalue weighted by molar-refractivity contribution is 7.99. The lowest BCUT2D eigenvalue weighted by Gasteiger charge is -2.37. The molecule has 19 heavy (non-hydrogen) atoms. The number of carbonyl (C=O) groups is 1. The van der Waals surface area contributed by atoms with Crippen LogP contribution in [0.25, 0.3) is 0 Å². The maximum atomic E-state index is 12.5. The molecule has 0 aromatic carbocycles. The minimum absolute atomic E-state index is 0.0525. The van der Waals surface area contributed by atoms with Crippen molar-refractivity contribution in [1.29, 1.82) is 0 Å². The number of ketones is 1. The quantitative estimate of drug-likeness (QED) is 0.621. The summed E-state index contributed by atoms with van der Waals surface area (Å²) in [5.74, 6) is 2.41. The molecule has 2 aliphatic rings. The van der Waals surface area contributed by atoms with Crippen molar-refractivity contribution in [3.63, 3.8) is 0 Å². The standard InChI is InChI=1S/C14H16ClNO2S/c15-12-2-1-11(8-16-12)13(17)10-3-5-18-14(7-10)4-6-19-9-14/h1-2,8,10H,3-7,9H2. The molecule has 1 spiro atoms. The third-order valence-electron chi connectivity index (χ3n) is 3.94. The van der Waals surface area contributed by atoms with Gasteiger partial charge in [0.05, 0.1) is 5.60 Å². The van der Waals surface area contributed by atoms with Crippen LogP contribution in [0.2, 0.25) is 5.15 Å². The van der Waals surface area contributed by atoms with Crippen LogP contribution in [0.4, 0.5) is 0 Å². The Hall–Kier alpha value is -0.580. The first-order valence-electron chi connectivity index (χ1n) is 6.56. The van der Waals surface area contributed by atoms with E-state index in [0.29, 0.717) is 17.3 Å². The summed E-state index contributed by atoms with van der Waals surface area (Å²) in [6.45, 7) is 0.692. The van der Waals surface area contributed by atoms with Crippen LogP contribution in [-0.2, 0) is 4.74 Å². The molecule has 2 atom stereocenters. The topological polar surface area (TPSA) is 39.2 Å². The minimum atomic E-state index is -0.0525. The third kappa shape index (κ3) is 2.81. The van der Waals surface area contributed by atoms with E-state index < -0.39 is 0 Å². The smallest absolute Gasteiger partial charge is 0.167 e. The monoisotopic (exact) mass is 297 g/mol. The van der Waals surface area contributed by atoms with Gasteiger partial charge in [0.2, 0.25) is 0 Å². The molecular weight excluding hydrogens is 282 g/mol. The molecular formula is C14H16ClNO2S. The highest BCUT2D eigenvalue weighted by Crippen LogP contribution is 2.41. The van der Waals surface area contributed by atoms with Crippen LogP contribution in [0, 0.1) is 5.92 Å². The van der Waals surface area contributed by atoms with E-state index in [-0.39, 0.29) is 17.3 Å². The van der Waals surface area contributed by atoms with E-state index >= 15 is 0 Å². The fraction of sp³-hybridized carbons (Fsp3) is 0.571. The first-order chi connectivity index (χ1) is 9.19. The van der Waals surface area contributed by atoms with E-state index in [1.807, 2.05) is 11.8 Å². The van der Waals surface area contributed by atoms with Gasteiger partial charge in [-0.1, -0.05) is 11.6 Å². The molecule has 1 aromatic heterocycles. The molecule has 2 aliphatic heterocycles. The molecule has 0 saturated carbocycles. The largest absolute Gasteiger partial charge is 0.374 e. The van der Waals surface area contributed by atoms with Crippen LogP contribution in [-0.4, -0.2) is 34.5 Å². The van der Waals surface area contributed by atoms with Crippen molar-refractivity contribution in [2.45, 2.75) is 24.9 Å². The summed E-state index contributed by atoms with van der Waals surface area (Å²) in [4.78, 5) is 16.5. The summed E-state index contributed by atoms with van der Waals surface area (Å²) in [7, 11) is 0. The van der Waals surface area contributed by atoms with Gasteiger partial charge in [-0.15, -0.1) is 0 Å². The number of rotatable bonds is 2. The van der Waals surface area contributed by atoms with Gasteiger partial charge < -0.3 is 4.74 Å². The van der Waals surface area contributed by atoms with Crippen LogP contribution in [0.1, 0.15) is 29.6 Å². The highest BCUT2D eigenvalue weighted by Gasteiger charge is 2.42. The van der Waals surface area contributed by atoms with Crippen molar-refractivity contribution in [2.24, 2.45) is 5.92 Å². The number of thioether (sulfide) groups is 1. The highest BCUT2D eigenvalue weighted by atomic mass is 35.5. The number of halogens is 1. The predicted molar refractivity (Wildman–Crippen MR) is 76.9 cm³/mol.